The minimum Gasteiger partial charge on any atom is -0.354 e. The van der Waals surface area contributed by atoms with E-state index in [4.69, 9.17) is 0 Å². The van der Waals surface area contributed by atoms with Crippen molar-refractivity contribution in [3.63, 3.8) is 0 Å². The summed E-state index contributed by atoms with van der Waals surface area (Å²) in [5.74, 6) is -0.363. The van der Waals surface area contributed by atoms with E-state index in [1.165, 1.54) is 23.5 Å². The first kappa shape index (κ1) is 15.6. The van der Waals surface area contributed by atoms with Gasteiger partial charge in [-0.25, -0.2) is 9.37 Å². The van der Waals surface area contributed by atoms with Gasteiger partial charge in [0.05, 0.1) is 6.20 Å². The van der Waals surface area contributed by atoms with Crippen molar-refractivity contribution in [3.05, 3.63) is 63.2 Å². The van der Waals surface area contributed by atoms with Gasteiger partial charge in [-0.05, 0) is 42.0 Å². The molecule has 6 heteroatoms. The molecule has 0 unspecified atom stereocenters. The lowest BCUT2D eigenvalue weighted by molar-refractivity contribution is 0.0967. The molecule has 0 spiro atoms. The number of amides is 1. The maximum absolute atomic E-state index is 13.0. The van der Waals surface area contributed by atoms with E-state index in [2.05, 4.69) is 10.3 Å². The molecule has 0 saturated heterocycles. The third kappa shape index (κ3) is 3.72. The summed E-state index contributed by atoms with van der Waals surface area (Å²) in [4.78, 5) is 18.4. The summed E-state index contributed by atoms with van der Waals surface area (Å²) in [7, 11) is 1.60. The van der Waals surface area contributed by atoms with Crippen LogP contribution in [0.3, 0.4) is 0 Å². The van der Waals surface area contributed by atoms with E-state index in [9.17, 15) is 9.18 Å². The Morgan fingerprint density at radius 3 is 2.65 bits per heavy atom. The van der Waals surface area contributed by atoms with Crippen LogP contribution in [-0.4, -0.2) is 17.9 Å². The molecule has 0 aliphatic carbocycles. The Balaban J connectivity index is 1.74. The number of thiazole rings is 1. The second kappa shape index (κ2) is 6.85. The highest BCUT2D eigenvalue weighted by molar-refractivity contribution is 7.16. The van der Waals surface area contributed by atoms with Crippen molar-refractivity contribution < 1.29 is 9.18 Å². The van der Waals surface area contributed by atoms with Crippen molar-refractivity contribution in [1.82, 2.24) is 10.3 Å². The van der Waals surface area contributed by atoms with E-state index in [-0.39, 0.29) is 11.7 Å². The molecule has 1 aromatic carbocycles. The molecule has 0 radical (unpaired) electrons. The van der Waals surface area contributed by atoms with Crippen LogP contribution in [-0.2, 0) is 0 Å². The fourth-order valence-electron chi connectivity index (χ4n) is 1.96. The number of halogens is 1. The summed E-state index contributed by atoms with van der Waals surface area (Å²) in [6.45, 7) is 0. The predicted molar refractivity (Wildman–Crippen MR) is 94.1 cm³/mol. The molecule has 0 fully saturated rings. The number of hydrogen-bond acceptors (Lipinski definition) is 4. The molecule has 1 amide bonds. The molecule has 0 bridgehead atoms. The quantitative estimate of drug-likeness (QED) is 0.755. The van der Waals surface area contributed by atoms with Gasteiger partial charge in [0.25, 0.3) is 5.91 Å². The van der Waals surface area contributed by atoms with Crippen LogP contribution in [0, 0.1) is 5.82 Å². The first-order valence-corrected chi connectivity index (χ1v) is 8.51. The van der Waals surface area contributed by atoms with Crippen LogP contribution in [0.4, 0.5) is 4.39 Å². The zero-order chi connectivity index (χ0) is 16.2. The van der Waals surface area contributed by atoms with Crippen molar-refractivity contribution in [2.45, 2.75) is 0 Å². The molecule has 116 valence electrons. The number of nitrogens with zero attached hydrogens (tertiary/aromatic N) is 1. The van der Waals surface area contributed by atoms with Crippen LogP contribution in [0.1, 0.15) is 19.6 Å². The number of carbonyl (C=O) groups excluding carboxylic acids is 1. The summed E-state index contributed by atoms with van der Waals surface area (Å²) in [5.41, 5.74) is 0.993. The van der Waals surface area contributed by atoms with E-state index in [0.29, 0.717) is 4.88 Å². The Labute approximate surface area is 141 Å². The first-order valence-electron chi connectivity index (χ1n) is 6.87. The molecule has 3 nitrogen and oxygen atoms in total. The van der Waals surface area contributed by atoms with Gasteiger partial charge in [-0.1, -0.05) is 12.1 Å². The molecule has 0 aliphatic rings. The second-order valence-corrected chi connectivity index (χ2v) is 6.86. The maximum Gasteiger partial charge on any atom is 0.262 e. The van der Waals surface area contributed by atoms with Crippen LogP contribution in [0.5, 0.6) is 0 Å². The first-order chi connectivity index (χ1) is 11.2. The van der Waals surface area contributed by atoms with E-state index < -0.39 is 0 Å². The topological polar surface area (TPSA) is 42.0 Å². The van der Waals surface area contributed by atoms with E-state index in [1.807, 2.05) is 24.3 Å². The lowest BCUT2D eigenvalue weighted by Gasteiger charge is -1.95. The lowest BCUT2D eigenvalue weighted by Crippen LogP contribution is -2.16. The molecule has 0 atom stereocenters. The summed E-state index contributed by atoms with van der Waals surface area (Å²) in [6, 6.07) is 10.5. The zero-order valence-electron chi connectivity index (χ0n) is 12.2. The van der Waals surface area contributed by atoms with Crippen LogP contribution in [0.15, 0.2) is 42.6 Å². The Morgan fingerprint density at radius 2 is 1.91 bits per heavy atom. The van der Waals surface area contributed by atoms with Gasteiger partial charge in [-0.15, -0.1) is 22.7 Å². The predicted octanol–water partition coefficient (Wildman–Crippen LogP) is 4.54. The lowest BCUT2D eigenvalue weighted by atomic mass is 10.2. The van der Waals surface area contributed by atoms with Gasteiger partial charge in [-0.3, -0.25) is 4.79 Å². The Hall–Kier alpha value is -2.31. The standard InChI is InChI=1S/C17H13FN2OS2/c1-19-17(21)15-10-20-16(23-15)9-7-13-6-8-14(22-13)11-2-4-12(18)5-3-11/h2-10H,1H3,(H,19,21)/b9-7+. The summed E-state index contributed by atoms with van der Waals surface area (Å²) < 4.78 is 13.0. The van der Waals surface area contributed by atoms with E-state index in [1.54, 1.807) is 36.7 Å². The monoisotopic (exact) mass is 344 g/mol. The van der Waals surface area contributed by atoms with Crippen LogP contribution < -0.4 is 5.32 Å². The molecular weight excluding hydrogens is 331 g/mol. The van der Waals surface area contributed by atoms with Crippen molar-refractivity contribution in [3.8, 4) is 10.4 Å². The molecule has 1 N–H and O–H groups in total. The SMILES string of the molecule is CNC(=O)c1cnc(/C=C/c2ccc(-c3ccc(F)cc3)s2)s1. The van der Waals surface area contributed by atoms with Crippen molar-refractivity contribution in [2.75, 3.05) is 7.05 Å². The Kier molecular flexibility index (Phi) is 4.64. The average Bonchev–Trinajstić information content (AvgIpc) is 3.22. The third-order valence-electron chi connectivity index (χ3n) is 3.12. The summed E-state index contributed by atoms with van der Waals surface area (Å²) in [5, 5.41) is 3.35. The highest BCUT2D eigenvalue weighted by Gasteiger charge is 2.07. The number of carbonyl (C=O) groups is 1. The Morgan fingerprint density at radius 1 is 1.13 bits per heavy atom. The fraction of sp³-hybridized carbons (Fsp3) is 0.0588. The van der Waals surface area contributed by atoms with Gasteiger partial charge >= 0.3 is 0 Å². The fourth-order valence-corrected chi connectivity index (χ4v) is 3.64. The van der Waals surface area contributed by atoms with Gasteiger partial charge < -0.3 is 5.32 Å². The van der Waals surface area contributed by atoms with Gasteiger partial charge in [0.2, 0.25) is 0 Å². The number of benzene rings is 1. The zero-order valence-corrected chi connectivity index (χ0v) is 13.9. The smallest absolute Gasteiger partial charge is 0.262 e. The molecular formula is C17H13FN2OS2. The maximum atomic E-state index is 13.0. The number of rotatable bonds is 4. The molecule has 0 saturated carbocycles. The molecule has 23 heavy (non-hydrogen) atoms. The second-order valence-electron chi connectivity index (χ2n) is 4.68. The summed E-state index contributed by atoms with van der Waals surface area (Å²) in [6.07, 6.45) is 5.42. The number of hydrogen-bond donors (Lipinski definition) is 1. The van der Waals surface area contributed by atoms with Crippen LogP contribution >= 0.6 is 22.7 Å². The van der Waals surface area contributed by atoms with Gasteiger partial charge in [-0.2, -0.15) is 0 Å². The van der Waals surface area contributed by atoms with Crippen LogP contribution in [0.2, 0.25) is 0 Å². The average molecular weight is 344 g/mol. The largest absolute Gasteiger partial charge is 0.354 e. The molecule has 2 aromatic heterocycles. The number of aromatic nitrogens is 1. The van der Waals surface area contributed by atoms with Crippen molar-refractivity contribution in [2.24, 2.45) is 0 Å². The minimum absolute atomic E-state index is 0.128. The van der Waals surface area contributed by atoms with Gasteiger partial charge in [0.1, 0.15) is 15.7 Å². The van der Waals surface area contributed by atoms with E-state index >= 15 is 0 Å². The summed E-state index contributed by atoms with van der Waals surface area (Å²) >= 11 is 2.96. The molecule has 2 heterocycles. The molecule has 3 rings (SSSR count). The van der Waals surface area contributed by atoms with Gasteiger partial charge in [0.15, 0.2) is 0 Å². The molecule has 3 aromatic rings. The van der Waals surface area contributed by atoms with Crippen molar-refractivity contribution >= 4 is 40.7 Å². The third-order valence-corrected chi connectivity index (χ3v) is 5.18. The Bertz CT molecular complexity index is 850. The number of thiophene rings is 1. The van der Waals surface area contributed by atoms with Gasteiger partial charge in [0, 0.05) is 16.8 Å². The van der Waals surface area contributed by atoms with Crippen LogP contribution in [0.25, 0.3) is 22.6 Å². The molecule has 0 aliphatic heterocycles. The highest BCUT2D eigenvalue weighted by Crippen LogP contribution is 2.29. The minimum atomic E-state index is -0.235. The van der Waals surface area contributed by atoms with Crippen molar-refractivity contribution in [1.29, 1.82) is 0 Å². The highest BCUT2D eigenvalue weighted by atomic mass is 32.1. The number of nitrogens with one attached hydrogen (secondary N) is 1. The normalized spacial score (nSPS) is 11.0. The van der Waals surface area contributed by atoms with E-state index in [0.717, 1.165) is 20.3 Å².